The van der Waals surface area contributed by atoms with Crippen molar-refractivity contribution >= 4 is 12.1 Å². The van der Waals surface area contributed by atoms with E-state index in [2.05, 4.69) is 12.1 Å². The average molecular weight is 415 g/mol. The van der Waals surface area contributed by atoms with Crippen molar-refractivity contribution in [1.29, 1.82) is 0 Å². The number of fused-ring (bicyclic) bond motifs is 4. The standard InChI is InChI=1S/C25H21NO5/c27-17-10-9-15-12-23(24(28)29)26(13-16(15)11-17)25(30)31-14-22-20-7-3-1-5-18(20)19-6-2-4-8-21(19)22/h1-11,22-23,27H,12-14H2,(H,28,29)/t23-/m1/s1. The lowest BCUT2D eigenvalue weighted by molar-refractivity contribution is -0.143. The first-order valence-corrected chi connectivity index (χ1v) is 10.2. The molecule has 1 heterocycles. The number of amides is 1. The highest BCUT2D eigenvalue weighted by molar-refractivity contribution is 5.82. The summed E-state index contributed by atoms with van der Waals surface area (Å²) in [5, 5.41) is 19.4. The molecule has 0 fully saturated rings. The maximum absolute atomic E-state index is 13.0. The van der Waals surface area contributed by atoms with Gasteiger partial charge in [-0.15, -0.1) is 0 Å². The number of carboxylic acids is 1. The van der Waals surface area contributed by atoms with Crippen molar-refractivity contribution in [2.45, 2.75) is 24.9 Å². The summed E-state index contributed by atoms with van der Waals surface area (Å²) in [6.07, 6.45) is -0.488. The largest absolute Gasteiger partial charge is 0.508 e. The second kappa shape index (κ2) is 7.47. The first kappa shape index (κ1) is 19.2. The predicted octanol–water partition coefficient (Wildman–Crippen LogP) is 4.15. The zero-order valence-electron chi connectivity index (χ0n) is 16.7. The molecule has 0 aromatic heterocycles. The Kier molecular flexibility index (Phi) is 4.62. The number of phenols is 1. The lowest BCUT2D eigenvalue weighted by atomic mass is 9.94. The fourth-order valence-electron chi connectivity index (χ4n) is 4.66. The summed E-state index contributed by atoms with van der Waals surface area (Å²) >= 11 is 0. The van der Waals surface area contributed by atoms with Crippen molar-refractivity contribution in [3.63, 3.8) is 0 Å². The van der Waals surface area contributed by atoms with Crippen LogP contribution in [0.5, 0.6) is 5.75 Å². The Bertz CT molecular complexity index is 1140. The number of hydrogen-bond acceptors (Lipinski definition) is 4. The van der Waals surface area contributed by atoms with E-state index >= 15 is 0 Å². The van der Waals surface area contributed by atoms with Crippen LogP contribution in [-0.2, 0) is 22.5 Å². The third kappa shape index (κ3) is 3.30. The van der Waals surface area contributed by atoms with E-state index in [0.29, 0.717) is 0 Å². The van der Waals surface area contributed by atoms with Crippen molar-refractivity contribution in [2.75, 3.05) is 6.61 Å². The van der Waals surface area contributed by atoms with Gasteiger partial charge in [0.25, 0.3) is 0 Å². The van der Waals surface area contributed by atoms with E-state index < -0.39 is 18.1 Å². The number of hydrogen-bond donors (Lipinski definition) is 2. The van der Waals surface area contributed by atoms with Gasteiger partial charge in [-0.25, -0.2) is 9.59 Å². The minimum absolute atomic E-state index is 0.0807. The van der Waals surface area contributed by atoms with Gasteiger partial charge in [0.15, 0.2) is 0 Å². The molecule has 1 atom stereocenters. The molecule has 3 aromatic rings. The summed E-state index contributed by atoms with van der Waals surface area (Å²) in [7, 11) is 0. The van der Waals surface area contributed by atoms with Crippen molar-refractivity contribution in [2.24, 2.45) is 0 Å². The summed E-state index contributed by atoms with van der Waals surface area (Å²) in [5.41, 5.74) is 5.99. The van der Waals surface area contributed by atoms with Crippen LogP contribution < -0.4 is 0 Å². The topological polar surface area (TPSA) is 87.1 Å². The number of nitrogens with zero attached hydrogens (tertiary/aromatic N) is 1. The van der Waals surface area contributed by atoms with E-state index in [4.69, 9.17) is 4.74 Å². The molecule has 3 aromatic carbocycles. The molecule has 0 unspecified atom stereocenters. The maximum atomic E-state index is 13.0. The molecular weight excluding hydrogens is 394 g/mol. The zero-order valence-corrected chi connectivity index (χ0v) is 16.7. The molecule has 0 bridgehead atoms. The summed E-state index contributed by atoms with van der Waals surface area (Å²) in [6.45, 7) is 0.208. The van der Waals surface area contributed by atoms with E-state index in [1.807, 2.05) is 36.4 Å². The number of carbonyl (C=O) groups excluding carboxylic acids is 1. The summed E-state index contributed by atoms with van der Waals surface area (Å²) in [6, 6.07) is 19.9. The molecule has 0 saturated carbocycles. The van der Waals surface area contributed by atoms with Crippen LogP contribution in [0.4, 0.5) is 4.79 Å². The molecule has 1 aliphatic heterocycles. The molecule has 0 spiro atoms. The van der Waals surface area contributed by atoms with Crippen molar-refractivity contribution in [3.05, 3.63) is 89.0 Å². The van der Waals surface area contributed by atoms with Gasteiger partial charge < -0.3 is 14.9 Å². The first-order chi connectivity index (χ1) is 15.0. The number of benzene rings is 3. The lowest BCUT2D eigenvalue weighted by Gasteiger charge is -2.34. The molecule has 156 valence electrons. The highest BCUT2D eigenvalue weighted by atomic mass is 16.6. The lowest BCUT2D eigenvalue weighted by Crippen LogP contribution is -2.49. The van der Waals surface area contributed by atoms with Gasteiger partial charge in [-0.2, -0.15) is 0 Å². The number of carbonyl (C=O) groups is 2. The van der Waals surface area contributed by atoms with Gasteiger partial charge in [-0.05, 0) is 45.5 Å². The number of ether oxygens (including phenoxy) is 1. The number of aromatic hydroxyl groups is 1. The average Bonchev–Trinajstić information content (AvgIpc) is 3.10. The molecule has 0 radical (unpaired) electrons. The summed E-state index contributed by atoms with van der Waals surface area (Å²) < 4.78 is 5.67. The van der Waals surface area contributed by atoms with E-state index in [1.165, 1.54) is 11.0 Å². The Morgan fingerprint density at radius 3 is 2.23 bits per heavy atom. The van der Waals surface area contributed by atoms with Gasteiger partial charge in [0.05, 0.1) is 6.54 Å². The van der Waals surface area contributed by atoms with E-state index in [0.717, 1.165) is 33.4 Å². The minimum atomic E-state index is -1.08. The number of rotatable bonds is 3. The van der Waals surface area contributed by atoms with Crippen LogP contribution in [0.25, 0.3) is 11.1 Å². The minimum Gasteiger partial charge on any atom is -0.508 e. The second-order valence-corrected chi connectivity index (χ2v) is 7.94. The van der Waals surface area contributed by atoms with E-state index in [9.17, 15) is 19.8 Å². The van der Waals surface area contributed by atoms with Crippen LogP contribution >= 0.6 is 0 Å². The van der Waals surface area contributed by atoms with Crippen LogP contribution in [0.1, 0.15) is 28.2 Å². The highest BCUT2D eigenvalue weighted by Crippen LogP contribution is 2.44. The SMILES string of the molecule is O=C(O)[C@H]1Cc2ccc(O)cc2CN1C(=O)OCC1c2ccccc2-c2ccccc21. The summed E-state index contributed by atoms with van der Waals surface area (Å²) in [5.74, 6) is -1.09. The number of carboxylic acid groups (broad SMARTS) is 1. The molecule has 6 nitrogen and oxygen atoms in total. The van der Waals surface area contributed by atoms with Gasteiger partial charge in [0.2, 0.25) is 0 Å². The van der Waals surface area contributed by atoms with E-state index in [1.54, 1.807) is 12.1 Å². The van der Waals surface area contributed by atoms with Gasteiger partial charge >= 0.3 is 12.1 Å². The molecule has 1 aliphatic carbocycles. The van der Waals surface area contributed by atoms with Crippen LogP contribution in [0.3, 0.4) is 0 Å². The number of aliphatic carboxylic acids is 1. The van der Waals surface area contributed by atoms with Crippen LogP contribution in [0.15, 0.2) is 66.7 Å². The Morgan fingerprint density at radius 1 is 0.935 bits per heavy atom. The highest BCUT2D eigenvalue weighted by Gasteiger charge is 2.37. The number of phenolic OH excluding ortho intramolecular Hbond substituents is 1. The van der Waals surface area contributed by atoms with Crippen LogP contribution in [0, 0.1) is 0 Å². The second-order valence-electron chi connectivity index (χ2n) is 7.94. The van der Waals surface area contributed by atoms with Gasteiger partial charge in [0, 0.05) is 12.3 Å². The van der Waals surface area contributed by atoms with E-state index in [-0.39, 0.29) is 31.2 Å². The molecular formula is C25H21NO5. The quantitative estimate of drug-likeness (QED) is 0.671. The molecule has 6 heteroatoms. The predicted molar refractivity (Wildman–Crippen MR) is 114 cm³/mol. The molecule has 2 aliphatic rings. The van der Waals surface area contributed by atoms with Crippen molar-refractivity contribution in [3.8, 4) is 16.9 Å². The van der Waals surface area contributed by atoms with Gasteiger partial charge in [-0.1, -0.05) is 54.6 Å². The third-order valence-corrected chi connectivity index (χ3v) is 6.18. The maximum Gasteiger partial charge on any atom is 0.410 e. The van der Waals surface area contributed by atoms with Crippen molar-refractivity contribution in [1.82, 2.24) is 4.90 Å². The molecule has 0 saturated heterocycles. The first-order valence-electron chi connectivity index (χ1n) is 10.2. The zero-order chi connectivity index (χ0) is 21.5. The molecule has 31 heavy (non-hydrogen) atoms. The molecule has 2 N–H and O–H groups in total. The normalized spacial score (nSPS) is 16.9. The summed E-state index contributed by atoms with van der Waals surface area (Å²) in [4.78, 5) is 26.0. The van der Waals surface area contributed by atoms with Crippen molar-refractivity contribution < 1.29 is 24.5 Å². The van der Waals surface area contributed by atoms with Crippen LogP contribution in [0.2, 0.25) is 0 Å². The fourth-order valence-corrected chi connectivity index (χ4v) is 4.66. The molecule has 5 rings (SSSR count). The third-order valence-electron chi connectivity index (χ3n) is 6.18. The fraction of sp³-hybridized carbons (Fsp3) is 0.200. The monoisotopic (exact) mass is 415 g/mol. The Balaban J connectivity index is 1.38. The molecule has 1 amide bonds. The van der Waals surface area contributed by atoms with Gasteiger partial charge in [-0.3, -0.25) is 4.90 Å². The van der Waals surface area contributed by atoms with Gasteiger partial charge in [0.1, 0.15) is 18.4 Å². The van der Waals surface area contributed by atoms with Crippen LogP contribution in [-0.4, -0.2) is 39.8 Å². The smallest absolute Gasteiger partial charge is 0.410 e. The Hall–Kier alpha value is -3.80. The Morgan fingerprint density at radius 2 is 1.58 bits per heavy atom. The Labute approximate surface area is 179 Å².